The van der Waals surface area contributed by atoms with Crippen LogP contribution in [0.1, 0.15) is 41.9 Å². The van der Waals surface area contributed by atoms with E-state index in [-0.39, 0.29) is 18.0 Å². The molecule has 1 aromatic rings. The van der Waals surface area contributed by atoms with Gasteiger partial charge < -0.3 is 5.32 Å². The van der Waals surface area contributed by atoms with E-state index in [1.165, 1.54) is 0 Å². The molecule has 3 rings (SSSR count). The molecule has 0 bridgehead atoms. The van der Waals surface area contributed by atoms with Crippen molar-refractivity contribution in [1.82, 2.24) is 15.5 Å². The van der Waals surface area contributed by atoms with Gasteiger partial charge >= 0.3 is 0 Å². The van der Waals surface area contributed by atoms with Gasteiger partial charge in [0.05, 0.1) is 0 Å². The van der Waals surface area contributed by atoms with Gasteiger partial charge in [0, 0.05) is 18.4 Å². The van der Waals surface area contributed by atoms with Crippen LogP contribution in [-0.2, 0) is 0 Å². The molecule has 3 atom stereocenters. The van der Waals surface area contributed by atoms with Gasteiger partial charge in [0.2, 0.25) is 0 Å². The third kappa shape index (κ3) is 2.16. The number of halogens is 4. The Morgan fingerprint density at radius 2 is 2.25 bits per heavy atom. The number of amides is 1. The summed E-state index contributed by atoms with van der Waals surface area (Å²) < 4.78 is 51.9. The van der Waals surface area contributed by atoms with Crippen LogP contribution in [0.4, 0.5) is 17.6 Å². The number of nitrogens with one attached hydrogen (secondary N) is 2. The maximum atomic E-state index is 13.6. The first-order chi connectivity index (χ1) is 9.40. The zero-order valence-electron chi connectivity index (χ0n) is 10.4. The first-order valence-electron chi connectivity index (χ1n) is 6.42. The zero-order chi connectivity index (χ0) is 14.5. The topological polar surface area (TPSA) is 57.8 Å². The largest absolute Gasteiger partial charge is 0.347 e. The molecule has 0 radical (unpaired) electrons. The number of aromatic nitrogens is 2. The summed E-state index contributed by atoms with van der Waals surface area (Å²) in [5.74, 6) is -4.48. The SMILES string of the molecule is O=C(NC1C2CCCC(F)(F)C21)c1cc(C(F)F)[nH]n1. The van der Waals surface area contributed by atoms with E-state index in [1.807, 2.05) is 5.10 Å². The van der Waals surface area contributed by atoms with E-state index in [0.29, 0.717) is 12.8 Å². The molecule has 2 saturated carbocycles. The maximum absolute atomic E-state index is 13.6. The molecule has 0 aliphatic heterocycles. The lowest BCUT2D eigenvalue weighted by Gasteiger charge is -2.19. The van der Waals surface area contributed by atoms with E-state index >= 15 is 0 Å². The van der Waals surface area contributed by atoms with Crippen LogP contribution in [0.25, 0.3) is 0 Å². The summed E-state index contributed by atoms with van der Waals surface area (Å²) in [6.07, 6.45) is -1.80. The molecule has 1 heterocycles. The Balaban J connectivity index is 1.65. The normalized spacial score (nSPS) is 30.9. The summed E-state index contributed by atoms with van der Waals surface area (Å²) in [6.45, 7) is 0. The number of rotatable bonds is 3. The third-order valence-corrected chi connectivity index (χ3v) is 4.07. The van der Waals surface area contributed by atoms with Crippen LogP contribution < -0.4 is 5.32 Å². The van der Waals surface area contributed by atoms with E-state index in [0.717, 1.165) is 6.07 Å². The highest BCUT2D eigenvalue weighted by molar-refractivity contribution is 5.92. The van der Waals surface area contributed by atoms with Crippen LogP contribution in [0.5, 0.6) is 0 Å². The lowest BCUT2D eigenvalue weighted by atomic mass is 9.97. The van der Waals surface area contributed by atoms with Gasteiger partial charge in [-0.05, 0) is 24.8 Å². The second kappa shape index (κ2) is 4.46. The lowest BCUT2D eigenvalue weighted by Crippen LogP contribution is -2.31. The number of alkyl halides is 4. The minimum absolute atomic E-state index is 0.154. The van der Waals surface area contributed by atoms with Crippen molar-refractivity contribution in [3.8, 4) is 0 Å². The molecule has 3 unspecified atom stereocenters. The van der Waals surface area contributed by atoms with E-state index in [1.54, 1.807) is 0 Å². The van der Waals surface area contributed by atoms with Crippen molar-refractivity contribution in [2.75, 3.05) is 0 Å². The minimum atomic E-state index is -2.75. The highest BCUT2D eigenvalue weighted by Gasteiger charge is 2.65. The Morgan fingerprint density at radius 3 is 2.85 bits per heavy atom. The number of hydrogen-bond donors (Lipinski definition) is 2. The van der Waals surface area contributed by atoms with E-state index in [2.05, 4.69) is 10.4 Å². The molecule has 0 aromatic carbocycles. The highest BCUT2D eigenvalue weighted by atomic mass is 19.3. The van der Waals surface area contributed by atoms with Crippen molar-refractivity contribution in [2.45, 2.75) is 37.7 Å². The predicted molar refractivity (Wildman–Crippen MR) is 60.6 cm³/mol. The fourth-order valence-electron chi connectivity index (χ4n) is 3.04. The molecular weight excluding hydrogens is 278 g/mol. The van der Waals surface area contributed by atoms with Gasteiger partial charge in [-0.2, -0.15) is 5.10 Å². The molecule has 4 nitrogen and oxygen atoms in total. The second-order valence-corrected chi connectivity index (χ2v) is 5.35. The van der Waals surface area contributed by atoms with Crippen molar-refractivity contribution >= 4 is 5.91 Å². The van der Waals surface area contributed by atoms with Gasteiger partial charge in [0.25, 0.3) is 18.3 Å². The van der Waals surface area contributed by atoms with Crippen LogP contribution in [0.15, 0.2) is 6.07 Å². The lowest BCUT2D eigenvalue weighted by molar-refractivity contribution is -0.0504. The molecule has 0 spiro atoms. The van der Waals surface area contributed by atoms with Crippen LogP contribution in [0, 0.1) is 11.8 Å². The van der Waals surface area contributed by atoms with Gasteiger partial charge in [-0.3, -0.25) is 9.89 Å². The average Bonchev–Trinajstić information content (AvgIpc) is 2.88. The quantitative estimate of drug-likeness (QED) is 0.841. The standard InChI is InChI=1S/C12H13F4N3O/c13-10(14)6-4-7(19-18-6)11(20)17-9-5-2-1-3-12(15,16)8(5)9/h4-5,8-10H,1-3H2,(H,17,20)(H,18,19). The van der Waals surface area contributed by atoms with E-state index in [4.69, 9.17) is 0 Å². The monoisotopic (exact) mass is 291 g/mol. The van der Waals surface area contributed by atoms with Crippen LogP contribution in [0.3, 0.4) is 0 Å². The minimum Gasteiger partial charge on any atom is -0.347 e. The van der Waals surface area contributed by atoms with Crippen LogP contribution in [0.2, 0.25) is 0 Å². The number of aromatic amines is 1. The van der Waals surface area contributed by atoms with Gasteiger partial charge in [-0.25, -0.2) is 17.6 Å². The van der Waals surface area contributed by atoms with Gasteiger partial charge in [-0.1, -0.05) is 0 Å². The van der Waals surface area contributed by atoms with E-state index in [9.17, 15) is 22.4 Å². The Kier molecular flexibility index (Phi) is 2.98. The van der Waals surface area contributed by atoms with Crippen molar-refractivity contribution in [3.63, 3.8) is 0 Å². The fraction of sp³-hybridized carbons (Fsp3) is 0.667. The molecule has 1 aromatic heterocycles. The Bertz CT molecular complexity index is 531. The van der Waals surface area contributed by atoms with Gasteiger partial charge in [0.1, 0.15) is 11.4 Å². The first kappa shape index (κ1) is 13.4. The zero-order valence-corrected chi connectivity index (χ0v) is 10.4. The molecule has 8 heteroatoms. The number of nitrogens with zero attached hydrogens (tertiary/aromatic N) is 1. The molecule has 2 aliphatic carbocycles. The van der Waals surface area contributed by atoms with E-state index < -0.39 is 35.9 Å². The highest BCUT2D eigenvalue weighted by Crippen LogP contribution is 2.57. The van der Waals surface area contributed by atoms with Crippen LogP contribution >= 0.6 is 0 Å². The average molecular weight is 291 g/mol. The summed E-state index contributed by atoms with van der Waals surface area (Å²) >= 11 is 0. The molecule has 20 heavy (non-hydrogen) atoms. The summed E-state index contributed by atoms with van der Waals surface area (Å²) in [5, 5.41) is 7.99. The maximum Gasteiger partial charge on any atom is 0.279 e. The van der Waals surface area contributed by atoms with Crippen molar-refractivity contribution < 1.29 is 22.4 Å². The van der Waals surface area contributed by atoms with Crippen LogP contribution in [-0.4, -0.2) is 28.1 Å². The Morgan fingerprint density at radius 1 is 1.50 bits per heavy atom. The number of fused-ring (bicyclic) bond motifs is 1. The molecule has 0 saturated heterocycles. The summed E-state index contributed by atoms with van der Waals surface area (Å²) in [7, 11) is 0. The van der Waals surface area contributed by atoms with Crippen molar-refractivity contribution in [1.29, 1.82) is 0 Å². The second-order valence-electron chi connectivity index (χ2n) is 5.35. The van der Waals surface area contributed by atoms with Gasteiger partial charge in [0.15, 0.2) is 0 Å². The number of H-pyrrole nitrogens is 1. The summed E-state index contributed by atoms with van der Waals surface area (Å²) in [5.41, 5.74) is -0.666. The Labute approximate surface area is 111 Å². The molecule has 2 fully saturated rings. The first-order valence-corrected chi connectivity index (χ1v) is 6.42. The van der Waals surface area contributed by atoms with Crippen molar-refractivity contribution in [2.24, 2.45) is 11.8 Å². The summed E-state index contributed by atoms with van der Waals surface area (Å²) in [6, 6.07) is 0.358. The fourth-order valence-corrected chi connectivity index (χ4v) is 3.04. The number of hydrogen-bond acceptors (Lipinski definition) is 2. The summed E-state index contributed by atoms with van der Waals surface area (Å²) in [4.78, 5) is 11.8. The van der Waals surface area contributed by atoms with Crippen molar-refractivity contribution in [3.05, 3.63) is 17.5 Å². The number of carbonyl (C=O) groups is 1. The number of carbonyl (C=O) groups excluding carboxylic acids is 1. The smallest absolute Gasteiger partial charge is 0.279 e. The molecule has 1 amide bonds. The molecule has 110 valence electrons. The molecule has 2 N–H and O–H groups in total. The molecular formula is C12H13F4N3O. The van der Waals surface area contributed by atoms with Gasteiger partial charge in [-0.15, -0.1) is 0 Å². The molecule has 2 aliphatic rings. The third-order valence-electron chi connectivity index (χ3n) is 4.07. The Hall–Kier alpha value is -1.60. The predicted octanol–water partition coefficient (Wildman–Crippen LogP) is 2.51.